The van der Waals surface area contributed by atoms with E-state index in [0.717, 1.165) is 38.9 Å². The van der Waals surface area contributed by atoms with Crippen molar-refractivity contribution in [2.45, 2.75) is 65.3 Å². The molecule has 6 heteroatoms. The fraction of sp³-hybridized carbons (Fsp3) is 0.842. The van der Waals surface area contributed by atoms with Crippen molar-refractivity contribution < 1.29 is 9.32 Å². The number of amides is 1. The normalized spacial score (nSPS) is 23.8. The van der Waals surface area contributed by atoms with Gasteiger partial charge in [0.2, 0.25) is 11.8 Å². The topological polar surface area (TPSA) is 62.5 Å². The third-order valence-electron chi connectivity index (χ3n) is 5.40. The first-order valence-corrected chi connectivity index (χ1v) is 9.87. The fourth-order valence-electron chi connectivity index (χ4n) is 4.21. The third kappa shape index (κ3) is 4.60. The van der Waals surface area contributed by atoms with Crippen LogP contribution < -0.4 is 0 Å². The fourth-order valence-corrected chi connectivity index (χ4v) is 4.21. The Morgan fingerprint density at radius 3 is 2.60 bits per heavy atom. The van der Waals surface area contributed by atoms with Gasteiger partial charge in [0.15, 0.2) is 5.82 Å². The van der Waals surface area contributed by atoms with Crippen molar-refractivity contribution in [1.82, 2.24) is 19.9 Å². The van der Waals surface area contributed by atoms with Crippen molar-refractivity contribution in [3.63, 3.8) is 0 Å². The van der Waals surface area contributed by atoms with E-state index in [4.69, 9.17) is 4.52 Å². The van der Waals surface area contributed by atoms with Gasteiger partial charge in [-0.2, -0.15) is 4.98 Å². The minimum atomic E-state index is 0.0126. The maximum Gasteiger partial charge on any atom is 0.245 e. The number of carbonyl (C=O) groups excluding carboxylic acids is 1. The van der Waals surface area contributed by atoms with Crippen LogP contribution in [-0.4, -0.2) is 52.0 Å². The molecule has 0 bridgehead atoms. The lowest BCUT2D eigenvalue weighted by atomic mass is 9.88. The molecule has 2 heterocycles. The Morgan fingerprint density at radius 2 is 1.96 bits per heavy atom. The number of nitrogens with zero attached hydrogens (tertiary/aromatic N) is 4. The molecule has 0 aromatic carbocycles. The molecule has 1 atom stereocenters. The lowest BCUT2D eigenvalue weighted by Gasteiger charge is -2.32. The monoisotopic (exact) mass is 348 g/mol. The second-order valence-corrected chi connectivity index (χ2v) is 8.06. The summed E-state index contributed by atoms with van der Waals surface area (Å²) < 4.78 is 5.50. The van der Waals surface area contributed by atoms with Crippen LogP contribution in [0.5, 0.6) is 0 Å². The Labute approximate surface area is 150 Å². The second kappa shape index (κ2) is 8.30. The minimum absolute atomic E-state index is 0.0126. The summed E-state index contributed by atoms with van der Waals surface area (Å²) in [5, 5.41) is 3.98. The van der Waals surface area contributed by atoms with Gasteiger partial charge >= 0.3 is 0 Å². The van der Waals surface area contributed by atoms with Crippen LogP contribution in [0, 0.1) is 18.8 Å². The standard InChI is InChI=1S/C19H32N4O2/c1-14(2)12-22-10-7-11-23(19(24)16-8-5-4-6-9-16)13-17(22)18-20-15(3)21-25-18/h14,16-17H,4-13H2,1-3H3/t17-/m0/s1. The van der Waals surface area contributed by atoms with Gasteiger partial charge in [0.05, 0.1) is 0 Å². The largest absolute Gasteiger partial charge is 0.340 e. The number of aryl methyl sites for hydroxylation is 1. The molecular formula is C19H32N4O2. The van der Waals surface area contributed by atoms with Crippen LogP contribution in [0.2, 0.25) is 0 Å². The zero-order valence-electron chi connectivity index (χ0n) is 15.9. The smallest absolute Gasteiger partial charge is 0.245 e. The first kappa shape index (κ1) is 18.4. The minimum Gasteiger partial charge on any atom is -0.340 e. The molecule has 0 unspecified atom stereocenters. The summed E-state index contributed by atoms with van der Waals surface area (Å²) >= 11 is 0. The molecule has 1 saturated heterocycles. The number of hydrogen-bond donors (Lipinski definition) is 0. The molecule has 1 amide bonds. The van der Waals surface area contributed by atoms with Crippen LogP contribution in [-0.2, 0) is 4.79 Å². The van der Waals surface area contributed by atoms with E-state index in [1.165, 1.54) is 19.3 Å². The number of hydrogen-bond acceptors (Lipinski definition) is 5. The average Bonchev–Trinajstić information content (AvgIpc) is 2.92. The molecule has 0 N–H and O–H groups in total. The Hall–Kier alpha value is -1.43. The predicted molar refractivity (Wildman–Crippen MR) is 96.0 cm³/mol. The summed E-state index contributed by atoms with van der Waals surface area (Å²) in [7, 11) is 0. The third-order valence-corrected chi connectivity index (χ3v) is 5.40. The highest BCUT2D eigenvalue weighted by Gasteiger charge is 2.34. The first-order valence-electron chi connectivity index (χ1n) is 9.87. The van der Waals surface area contributed by atoms with E-state index in [1.54, 1.807) is 0 Å². The van der Waals surface area contributed by atoms with Gasteiger partial charge in [-0.1, -0.05) is 38.3 Å². The van der Waals surface area contributed by atoms with Crippen molar-refractivity contribution in [1.29, 1.82) is 0 Å². The van der Waals surface area contributed by atoms with Crippen molar-refractivity contribution in [2.75, 3.05) is 26.2 Å². The lowest BCUT2D eigenvalue weighted by Crippen LogP contribution is -2.41. The molecule has 140 valence electrons. The Bertz CT molecular complexity index is 566. The molecule has 1 saturated carbocycles. The van der Waals surface area contributed by atoms with Crippen LogP contribution in [0.1, 0.15) is 70.1 Å². The molecule has 1 aliphatic heterocycles. The first-order chi connectivity index (χ1) is 12.0. The molecule has 2 aliphatic rings. The van der Waals surface area contributed by atoms with Crippen molar-refractivity contribution >= 4 is 5.91 Å². The highest BCUT2D eigenvalue weighted by atomic mass is 16.5. The zero-order chi connectivity index (χ0) is 17.8. The highest BCUT2D eigenvalue weighted by Crippen LogP contribution is 2.29. The van der Waals surface area contributed by atoms with Crippen molar-refractivity contribution in [2.24, 2.45) is 11.8 Å². The molecule has 0 radical (unpaired) electrons. The average molecular weight is 348 g/mol. The SMILES string of the molecule is Cc1noc([C@@H]2CN(C(=O)C3CCCCC3)CCCN2CC(C)C)n1. The molecule has 25 heavy (non-hydrogen) atoms. The maximum absolute atomic E-state index is 13.1. The van der Waals surface area contributed by atoms with E-state index in [1.807, 2.05) is 6.92 Å². The zero-order valence-corrected chi connectivity index (χ0v) is 15.9. The molecule has 0 spiro atoms. The van der Waals surface area contributed by atoms with E-state index >= 15 is 0 Å². The van der Waals surface area contributed by atoms with E-state index in [2.05, 4.69) is 33.8 Å². The predicted octanol–water partition coefficient (Wildman–Crippen LogP) is 3.19. The van der Waals surface area contributed by atoms with Gasteiger partial charge in [-0.3, -0.25) is 9.69 Å². The van der Waals surface area contributed by atoms with Gasteiger partial charge in [-0.05, 0) is 32.1 Å². The summed E-state index contributed by atoms with van der Waals surface area (Å²) in [6, 6.07) is 0.0126. The Balaban J connectivity index is 1.77. The van der Waals surface area contributed by atoms with E-state index in [-0.39, 0.29) is 12.0 Å². The van der Waals surface area contributed by atoms with Crippen molar-refractivity contribution in [3.05, 3.63) is 11.7 Å². The molecule has 1 aliphatic carbocycles. The maximum atomic E-state index is 13.1. The summed E-state index contributed by atoms with van der Waals surface area (Å²) in [6.07, 6.45) is 6.77. The quantitative estimate of drug-likeness (QED) is 0.836. The highest BCUT2D eigenvalue weighted by molar-refractivity contribution is 5.79. The molecule has 2 fully saturated rings. The van der Waals surface area contributed by atoms with Crippen LogP contribution in [0.25, 0.3) is 0 Å². The van der Waals surface area contributed by atoms with E-state index in [9.17, 15) is 4.79 Å². The summed E-state index contributed by atoms with van der Waals surface area (Å²) in [5.74, 6) is 2.44. The van der Waals surface area contributed by atoms with E-state index in [0.29, 0.717) is 30.1 Å². The van der Waals surface area contributed by atoms with Crippen molar-refractivity contribution in [3.8, 4) is 0 Å². The Kier molecular flexibility index (Phi) is 6.10. The van der Waals surface area contributed by atoms with Gasteiger partial charge in [-0.15, -0.1) is 0 Å². The van der Waals surface area contributed by atoms with Crippen LogP contribution in [0.15, 0.2) is 4.52 Å². The molecule has 3 rings (SSSR count). The van der Waals surface area contributed by atoms with Crippen LogP contribution >= 0.6 is 0 Å². The summed E-state index contributed by atoms with van der Waals surface area (Å²) in [6.45, 7) is 9.77. The van der Waals surface area contributed by atoms with Gasteiger partial charge in [0.25, 0.3) is 0 Å². The van der Waals surface area contributed by atoms with E-state index < -0.39 is 0 Å². The van der Waals surface area contributed by atoms with Crippen LogP contribution in [0.3, 0.4) is 0 Å². The number of carbonyl (C=O) groups is 1. The van der Waals surface area contributed by atoms with Gasteiger partial charge in [0, 0.05) is 32.1 Å². The van der Waals surface area contributed by atoms with Gasteiger partial charge in [-0.25, -0.2) is 0 Å². The molecular weight excluding hydrogens is 316 g/mol. The lowest BCUT2D eigenvalue weighted by molar-refractivity contribution is -0.137. The summed E-state index contributed by atoms with van der Waals surface area (Å²) in [5.41, 5.74) is 0. The molecule has 1 aromatic heterocycles. The summed E-state index contributed by atoms with van der Waals surface area (Å²) in [4.78, 5) is 22.0. The molecule has 6 nitrogen and oxygen atoms in total. The molecule has 1 aromatic rings. The van der Waals surface area contributed by atoms with Gasteiger partial charge in [0.1, 0.15) is 6.04 Å². The second-order valence-electron chi connectivity index (χ2n) is 8.06. The number of aromatic nitrogens is 2. The van der Waals surface area contributed by atoms with Gasteiger partial charge < -0.3 is 9.42 Å². The number of rotatable bonds is 4. The van der Waals surface area contributed by atoms with Crippen LogP contribution in [0.4, 0.5) is 0 Å². The Morgan fingerprint density at radius 1 is 1.20 bits per heavy atom.